The first-order valence-electron chi connectivity index (χ1n) is 5.60. The van der Waals surface area contributed by atoms with Crippen molar-refractivity contribution in [2.45, 2.75) is 10.3 Å². The summed E-state index contributed by atoms with van der Waals surface area (Å²) < 4.78 is 0. The Labute approximate surface area is 109 Å². The van der Waals surface area contributed by atoms with Gasteiger partial charge in [0.25, 0.3) is 0 Å². The van der Waals surface area contributed by atoms with Crippen molar-refractivity contribution in [1.82, 2.24) is 0 Å². The van der Waals surface area contributed by atoms with E-state index in [0.29, 0.717) is 5.56 Å². The summed E-state index contributed by atoms with van der Waals surface area (Å²) in [5.41, 5.74) is 2.23. The van der Waals surface area contributed by atoms with Gasteiger partial charge in [-0.3, -0.25) is 0 Å². The number of nitrogens with one attached hydrogen (secondary N) is 1. The van der Waals surface area contributed by atoms with Gasteiger partial charge in [0.2, 0.25) is 0 Å². The van der Waals surface area contributed by atoms with Gasteiger partial charge in [-0.1, -0.05) is 42.1 Å². The largest absolute Gasteiger partial charge is 0.478 e. The van der Waals surface area contributed by atoms with Crippen molar-refractivity contribution in [3.63, 3.8) is 0 Å². The van der Waals surface area contributed by atoms with Crippen LogP contribution in [0.4, 0.5) is 5.69 Å². The fraction of sp³-hybridized carbons (Fsp3) is 0.0714. The summed E-state index contributed by atoms with van der Waals surface area (Å²) in [7, 11) is 0. The quantitative estimate of drug-likeness (QED) is 0.863. The average Bonchev–Trinajstić information content (AvgIpc) is 2.82. The summed E-state index contributed by atoms with van der Waals surface area (Å²) in [6.07, 6.45) is 0. The average molecular weight is 257 g/mol. The molecule has 90 valence electrons. The third-order valence-corrected chi connectivity index (χ3v) is 4.11. The number of benzene rings is 2. The van der Waals surface area contributed by atoms with Crippen LogP contribution in [0.1, 0.15) is 21.3 Å². The van der Waals surface area contributed by atoms with E-state index in [9.17, 15) is 9.90 Å². The second-order valence-electron chi connectivity index (χ2n) is 4.03. The standard InChI is InChI=1S/C14H11NO2S/c16-14(17)10-6-2-1-5-9(10)13-15-11-7-3-4-8-12(11)18-13/h1-8,13,15H,(H,16,17). The van der Waals surface area contributed by atoms with Gasteiger partial charge in [0.15, 0.2) is 0 Å². The Bertz CT molecular complexity index is 587. The number of carbonyl (C=O) groups is 1. The Balaban J connectivity index is 1.98. The van der Waals surface area contributed by atoms with E-state index in [1.165, 1.54) is 0 Å². The van der Waals surface area contributed by atoms with E-state index in [-0.39, 0.29) is 5.37 Å². The molecular formula is C14H11NO2S. The number of thioether (sulfide) groups is 1. The molecule has 1 unspecified atom stereocenters. The molecule has 3 nitrogen and oxygen atoms in total. The van der Waals surface area contributed by atoms with Crippen LogP contribution in [0.25, 0.3) is 0 Å². The summed E-state index contributed by atoms with van der Waals surface area (Å²) in [6.45, 7) is 0. The third-order valence-electron chi connectivity index (χ3n) is 2.89. The molecule has 0 spiro atoms. The first-order valence-corrected chi connectivity index (χ1v) is 6.48. The topological polar surface area (TPSA) is 49.3 Å². The number of anilines is 1. The fourth-order valence-electron chi connectivity index (χ4n) is 2.05. The van der Waals surface area contributed by atoms with Crippen LogP contribution in [-0.4, -0.2) is 11.1 Å². The minimum Gasteiger partial charge on any atom is -0.478 e. The van der Waals surface area contributed by atoms with Gasteiger partial charge < -0.3 is 10.4 Å². The van der Waals surface area contributed by atoms with Crippen molar-refractivity contribution in [2.75, 3.05) is 5.32 Å². The minimum atomic E-state index is -0.885. The maximum Gasteiger partial charge on any atom is 0.336 e. The highest BCUT2D eigenvalue weighted by molar-refractivity contribution is 8.00. The zero-order valence-electron chi connectivity index (χ0n) is 9.46. The summed E-state index contributed by atoms with van der Waals surface area (Å²) in [5, 5.41) is 12.5. The van der Waals surface area contributed by atoms with Crippen LogP contribution < -0.4 is 5.32 Å². The first kappa shape index (κ1) is 11.2. The van der Waals surface area contributed by atoms with E-state index >= 15 is 0 Å². The van der Waals surface area contributed by atoms with Crippen molar-refractivity contribution >= 4 is 23.4 Å². The van der Waals surface area contributed by atoms with E-state index in [0.717, 1.165) is 16.1 Å². The molecule has 0 aromatic heterocycles. The lowest BCUT2D eigenvalue weighted by molar-refractivity contribution is 0.0695. The molecule has 0 bridgehead atoms. The summed E-state index contributed by atoms with van der Waals surface area (Å²) in [6, 6.07) is 15.1. The molecule has 0 amide bonds. The van der Waals surface area contributed by atoms with Crippen LogP contribution in [0.3, 0.4) is 0 Å². The normalized spacial score (nSPS) is 17.0. The Morgan fingerprint density at radius 2 is 1.83 bits per heavy atom. The highest BCUT2D eigenvalue weighted by atomic mass is 32.2. The highest BCUT2D eigenvalue weighted by Crippen LogP contribution is 2.46. The van der Waals surface area contributed by atoms with Gasteiger partial charge in [0.1, 0.15) is 5.37 Å². The van der Waals surface area contributed by atoms with Gasteiger partial charge in [-0.05, 0) is 23.8 Å². The summed E-state index contributed by atoms with van der Waals surface area (Å²) in [4.78, 5) is 12.4. The van der Waals surface area contributed by atoms with E-state index in [1.54, 1.807) is 23.9 Å². The zero-order valence-corrected chi connectivity index (χ0v) is 10.3. The molecule has 1 heterocycles. The Morgan fingerprint density at radius 3 is 2.61 bits per heavy atom. The molecule has 0 radical (unpaired) electrons. The van der Waals surface area contributed by atoms with Crippen LogP contribution >= 0.6 is 11.8 Å². The van der Waals surface area contributed by atoms with Crippen LogP contribution in [-0.2, 0) is 0 Å². The van der Waals surface area contributed by atoms with E-state index in [2.05, 4.69) is 5.32 Å². The Hall–Kier alpha value is -1.94. The van der Waals surface area contributed by atoms with Crippen LogP contribution in [0.15, 0.2) is 53.4 Å². The SMILES string of the molecule is O=C(O)c1ccccc1C1Nc2ccccc2S1. The highest BCUT2D eigenvalue weighted by Gasteiger charge is 2.25. The van der Waals surface area contributed by atoms with Crippen molar-refractivity contribution < 1.29 is 9.90 Å². The van der Waals surface area contributed by atoms with Crippen LogP contribution in [0, 0.1) is 0 Å². The number of carboxylic acids is 1. The van der Waals surface area contributed by atoms with Gasteiger partial charge in [-0.2, -0.15) is 0 Å². The molecular weight excluding hydrogens is 246 g/mol. The second-order valence-corrected chi connectivity index (χ2v) is 5.18. The molecule has 0 saturated carbocycles. The number of hydrogen-bond donors (Lipinski definition) is 2. The summed E-state index contributed by atoms with van der Waals surface area (Å²) >= 11 is 1.65. The Morgan fingerprint density at radius 1 is 1.11 bits per heavy atom. The zero-order chi connectivity index (χ0) is 12.5. The molecule has 2 aromatic rings. The molecule has 18 heavy (non-hydrogen) atoms. The molecule has 2 N–H and O–H groups in total. The van der Waals surface area contributed by atoms with E-state index < -0.39 is 5.97 Å². The van der Waals surface area contributed by atoms with Gasteiger partial charge >= 0.3 is 5.97 Å². The maximum atomic E-state index is 11.2. The van der Waals surface area contributed by atoms with Crippen molar-refractivity contribution in [2.24, 2.45) is 0 Å². The maximum absolute atomic E-state index is 11.2. The van der Waals surface area contributed by atoms with Gasteiger partial charge in [-0.25, -0.2) is 4.79 Å². The second kappa shape index (κ2) is 4.38. The predicted molar refractivity (Wildman–Crippen MR) is 72.1 cm³/mol. The van der Waals surface area contributed by atoms with Gasteiger partial charge in [0.05, 0.1) is 5.56 Å². The molecule has 1 atom stereocenters. The van der Waals surface area contributed by atoms with E-state index in [4.69, 9.17) is 0 Å². The van der Waals surface area contributed by atoms with E-state index in [1.807, 2.05) is 36.4 Å². The number of para-hydroxylation sites is 1. The molecule has 3 rings (SSSR count). The molecule has 4 heteroatoms. The lowest BCUT2D eigenvalue weighted by atomic mass is 10.1. The monoisotopic (exact) mass is 257 g/mol. The van der Waals surface area contributed by atoms with Crippen LogP contribution in [0.2, 0.25) is 0 Å². The molecule has 1 aliphatic heterocycles. The molecule has 0 aliphatic carbocycles. The minimum absolute atomic E-state index is 0.0327. The number of aromatic carboxylic acids is 1. The number of rotatable bonds is 2. The molecule has 0 saturated heterocycles. The number of carboxylic acid groups (broad SMARTS) is 1. The lowest BCUT2D eigenvalue weighted by Gasteiger charge is -2.13. The smallest absolute Gasteiger partial charge is 0.336 e. The van der Waals surface area contributed by atoms with Crippen molar-refractivity contribution in [3.05, 3.63) is 59.7 Å². The summed E-state index contributed by atoms with van der Waals surface area (Å²) in [5.74, 6) is -0.885. The van der Waals surface area contributed by atoms with Gasteiger partial charge in [-0.15, -0.1) is 0 Å². The third kappa shape index (κ3) is 1.84. The first-order chi connectivity index (χ1) is 8.75. The Kier molecular flexibility index (Phi) is 2.72. The predicted octanol–water partition coefficient (Wildman–Crippen LogP) is 3.60. The van der Waals surface area contributed by atoms with Gasteiger partial charge in [0, 0.05) is 10.6 Å². The molecule has 0 fully saturated rings. The fourth-order valence-corrected chi connectivity index (χ4v) is 3.23. The van der Waals surface area contributed by atoms with Crippen molar-refractivity contribution in [1.29, 1.82) is 0 Å². The number of hydrogen-bond acceptors (Lipinski definition) is 3. The molecule has 2 aromatic carbocycles. The van der Waals surface area contributed by atoms with Crippen molar-refractivity contribution in [3.8, 4) is 0 Å². The molecule has 1 aliphatic rings. The van der Waals surface area contributed by atoms with Crippen LogP contribution in [0.5, 0.6) is 0 Å². The lowest BCUT2D eigenvalue weighted by Crippen LogP contribution is -2.08. The number of fused-ring (bicyclic) bond motifs is 1.